The number of benzene rings is 2. The van der Waals surface area contributed by atoms with Crippen molar-refractivity contribution in [3.8, 4) is 0 Å². The van der Waals surface area contributed by atoms with Crippen LogP contribution < -0.4 is 5.73 Å². The summed E-state index contributed by atoms with van der Waals surface area (Å²) in [6, 6.07) is 10.8. The summed E-state index contributed by atoms with van der Waals surface area (Å²) in [6.07, 6.45) is 0.254. The normalized spacial score (nSPS) is 14.2. The van der Waals surface area contributed by atoms with E-state index >= 15 is 0 Å². The van der Waals surface area contributed by atoms with E-state index < -0.39 is 11.4 Å². The standard InChI is InChI=1S/C15H14ClF2N/c1-15(19,11-6-2-3-7-12(11)17)9-10-5-4-8-13(18)14(10)16/h2-8H,9,19H2,1H3. The molecule has 0 spiro atoms. The number of hydrogen-bond donors (Lipinski definition) is 1. The van der Waals surface area contributed by atoms with Crippen LogP contribution in [0.5, 0.6) is 0 Å². The van der Waals surface area contributed by atoms with E-state index in [2.05, 4.69) is 0 Å². The molecule has 19 heavy (non-hydrogen) atoms. The van der Waals surface area contributed by atoms with Gasteiger partial charge in [0.1, 0.15) is 11.6 Å². The Labute approximate surface area is 116 Å². The Morgan fingerprint density at radius 1 is 1.05 bits per heavy atom. The van der Waals surface area contributed by atoms with Crippen LogP contribution in [0.25, 0.3) is 0 Å². The molecule has 0 bridgehead atoms. The molecule has 1 nitrogen and oxygen atoms in total. The highest BCUT2D eigenvalue weighted by Gasteiger charge is 2.26. The van der Waals surface area contributed by atoms with Crippen molar-refractivity contribution in [3.05, 3.63) is 70.2 Å². The third-order valence-corrected chi connectivity index (χ3v) is 3.50. The Morgan fingerprint density at radius 3 is 2.37 bits per heavy atom. The van der Waals surface area contributed by atoms with E-state index in [-0.39, 0.29) is 17.3 Å². The molecule has 100 valence electrons. The molecule has 2 rings (SSSR count). The van der Waals surface area contributed by atoms with Gasteiger partial charge < -0.3 is 5.73 Å². The molecule has 2 aromatic rings. The smallest absolute Gasteiger partial charge is 0.142 e. The third kappa shape index (κ3) is 2.94. The molecular weight excluding hydrogens is 268 g/mol. The first-order chi connectivity index (χ1) is 8.92. The van der Waals surface area contributed by atoms with Crippen molar-refractivity contribution < 1.29 is 8.78 Å². The Bertz CT molecular complexity index is 596. The van der Waals surface area contributed by atoms with Crippen molar-refractivity contribution in [1.82, 2.24) is 0 Å². The van der Waals surface area contributed by atoms with Gasteiger partial charge in [-0.25, -0.2) is 8.78 Å². The van der Waals surface area contributed by atoms with Crippen LogP contribution in [0.2, 0.25) is 5.02 Å². The molecule has 0 aliphatic rings. The molecule has 2 aromatic carbocycles. The van der Waals surface area contributed by atoms with E-state index in [0.717, 1.165) is 0 Å². The number of rotatable bonds is 3. The van der Waals surface area contributed by atoms with Gasteiger partial charge in [-0.15, -0.1) is 0 Å². The van der Waals surface area contributed by atoms with Crippen LogP contribution in [0.1, 0.15) is 18.1 Å². The van der Waals surface area contributed by atoms with Crippen LogP contribution in [-0.2, 0) is 12.0 Å². The monoisotopic (exact) mass is 281 g/mol. The molecule has 0 radical (unpaired) electrons. The van der Waals surface area contributed by atoms with Crippen LogP contribution in [0.15, 0.2) is 42.5 Å². The minimum Gasteiger partial charge on any atom is -0.321 e. The topological polar surface area (TPSA) is 26.0 Å². The summed E-state index contributed by atoms with van der Waals surface area (Å²) >= 11 is 5.90. The maximum Gasteiger partial charge on any atom is 0.142 e. The van der Waals surface area contributed by atoms with Crippen LogP contribution >= 0.6 is 11.6 Å². The van der Waals surface area contributed by atoms with Crippen molar-refractivity contribution in [2.75, 3.05) is 0 Å². The van der Waals surface area contributed by atoms with Crippen LogP contribution in [0.3, 0.4) is 0 Å². The van der Waals surface area contributed by atoms with Crippen LogP contribution in [0, 0.1) is 11.6 Å². The highest BCUT2D eigenvalue weighted by atomic mass is 35.5. The molecule has 0 aliphatic heterocycles. The van der Waals surface area contributed by atoms with Crippen LogP contribution in [0.4, 0.5) is 8.78 Å². The lowest BCUT2D eigenvalue weighted by atomic mass is 9.86. The summed E-state index contributed by atoms with van der Waals surface area (Å²) < 4.78 is 27.2. The van der Waals surface area contributed by atoms with Gasteiger partial charge in [0.15, 0.2) is 0 Å². The van der Waals surface area contributed by atoms with Gasteiger partial charge in [-0.05, 0) is 31.0 Å². The Morgan fingerprint density at radius 2 is 1.68 bits per heavy atom. The first-order valence-corrected chi connectivity index (χ1v) is 6.26. The summed E-state index contributed by atoms with van der Waals surface area (Å²) in [7, 11) is 0. The van der Waals surface area contributed by atoms with E-state index in [9.17, 15) is 8.78 Å². The fourth-order valence-electron chi connectivity index (χ4n) is 2.10. The summed E-state index contributed by atoms with van der Waals surface area (Å²) in [5.41, 5.74) is 6.16. The van der Waals surface area contributed by atoms with Crippen molar-refractivity contribution in [2.45, 2.75) is 18.9 Å². The highest BCUT2D eigenvalue weighted by molar-refractivity contribution is 6.31. The van der Waals surface area contributed by atoms with Crippen LogP contribution in [-0.4, -0.2) is 0 Å². The largest absolute Gasteiger partial charge is 0.321 e. The second-order valence-corrected chi connectivity index (χ2v) is 5.16. The maximum absolute atomic E-state index is 13.8. The molecule has 4 heteroatoms. The van der Waals surface area contributed by atoms with Gasteiger partial charge in [-0.3, -0.25) is 0 Å². The van der Waals surface area contributed by atoms with Crippen molar-refractivity contribution >= 4 is 11.6 Å². The van der Waals surface area contributed by atoms with E-state index in [1.807, 2.05) is 0 Å². The first-order valence-electron chi connectivity index (χ1n) is 5.88. The molecule has 1 atom stereocenters. The van der Waals surface area contributed by atoms with E-state index in [1.165, 1.54) is 12.1 Å². The molecule has 1 unspecified atom stereocenters. The second kappa shape index (κ2) is 5.27. The molecule has 0 aromatic heterocycles. The van der Waals surface area contributed by atoms with E-state index in [0.29, 0.717) is 11.1 Å². The lowest BCUT2D eigenvalue weighted by molar-refractivity contribution is 0.456. The Hall–Kier alpha value is -1.45. The number of hydrogen-bond acceptors (Lipinski definition) is 1. The van der Waals surface area contributed by atoms with Crippen molar-refractivity contribution in [2.24, 2.45) is 5.73 Å². The van der Waals surface area contributed by atoms with Crippen molar-refractivity contribution in [3.63, 3.8) is 0 Å². The Balaban J connectivity index is 2.36. The minimum atomic E-state index is -0.956. The zero-order valence-electron chi connectivity index (χ0n) is 10.5. The predicted octanol–water partition coefficient (Wildman–Crippen LogP) is 4.03. The highest BCUT2D eigenvalue weighted by Crippen LogP contribution is 2.29. The van der Waals surface area contributed by atoms with Gasteiger partial charge in [0, 0.05) is 11.1 Å². The molecule has 0 aliphatic carbocycles. The fourth-order valence-corrected chi connectivity index (χ4v) is 2.29. The van der Waals surface area contributed by atoms with Gasteiger partial charge in [-0.2, -0.15) is 0 Å². The molecule has 2 N–H and O–H groups in total. The summed E-state index contributed by atoms with van der Waals surface area (Å²) in [5.74, 6) is -0.872. The zero-order chi connectivity index (χ0) is 14.0. The van der Waals surface area contributed by atoms with Gasteiger partial charge in [0.2, 0.25) is 0 Å². The zero-order valence-corrected chi connectivity index (χ0v) is 11.2. The Kier molecular flexibility index (Phi) is 3.88. The molecule has 0 saturated carbocycles. The number of halogens is 3. The SMILES string of the molecule is CC(N)(Cc1cccc(F)c1Cl)c1ccccc1F. The molecule has 0 fully saturated rings. The lowest BCUT2D eigenvalue weighted by Crippen LogP contribution is -2.36. The summed E-state index contributed by atoms with van der Waals surface area (Å²) in [6.45, 7) is 1.70. The van der Waals surface area contributed by atoms with E-state index in [4.69, 9.17) is 17.3 Å². The minimum absolute atomic E-state index is 0.0375. The predicted molar refractivity (Wildman–Crippen MR) is 73.1 cm³/mol. The quantitative estimate of drug-likeness (QED) is 0.903. The first kappa shape index (κ1) is 14.0. The third-order valence-electron chi connectivity index (χ3n) is 3.08. The van der Waals surface area contributed by atoms with E-state index in [1.54, 1.807) is 37.3 Å². The second-order valence-electron chi connectivity index (χ2n) is 4.79. The molecule has 0 heterocycles. The molecule has 0 amide bonds. The molecule has 0 saturated heterocycles. The maximum atomic E-state index is 13.8. The molecular formula is C15H14ClF2N. The average Bonchev–Trinajstić information content (AvgIpc) is 2.35. The summed E-state index contributed by atoms with van der Waals surface area (Å²) in [5, 5.41) is 0.0375. The lowest BCUT2D eigenvalue weighted by Gasteiger charge is -2.26. The van der Waals surface area contributed by atoms with Gasteiger partial charge in [-0.1, -0.05) is 41.9 Å². The number of nitrogens with two attached hydrogens (primary N) is 1. The summed E-state index contributed by atoms with van der Waals surface area (Å²) in [4.78, 5) is 0. The fraction of sp³-hybridized carbons (Fsp3) is 0.200. The average molecular weight is 282 g/mol. The van der Waals surface area contributed by atoms with Crippen molar-refractivity contribution in [1.29, 1.82) is 0 Å². The van der Waals surface area contributed by atoms with Gasteiger partial charge in [0.05, 0.1) is 5.02 Å². The van der Waals surface area contributed by atoms with Gasteiger partial charge in [0.25, 0.3) is 0 Å². The van der Waals surface area contributed by atoms with Gasteiger partial charge >= 0.3 is 0 Å².